The summed E-state index contributed by atoms with van der Waals surface area (Å²) < 4.78 is 6.24. The first-order valence-corrected chi connectivity index (χ1v) is 9.24. The van der Waals surface area contributed by atoms with Gasteiger partial charge in [-0.2, -0.15) is 0 Å². The molecule has 0 spiro atoms. The van der Waals surface area contributed by atoms with Gasteiger partial charge in [0.2, 0.25) is 0 Å². The Balaban J connectivity index is 2.19. The van der Waals surface area contributed by atoms with Crippen molar-refractivity contribution in [3.63, 3.8) is 0 Å². The Morgan fingerprint density at radius 3 is 2.75 bits per heavy atom. The summed E-state index contributed by atoms with van der Waals surface area (Å²) >= 11 is 2.72. The average Bonchev–Trinajstić information content (AvgIpc) is 3.04. The van der Waals surface area contributed by atoms with Crippen molar-refractivity contribution in [3.8, 4) is 5.69 Å². The zero-order chi connectivity index (χ0) is 17.1. The van der Waals surface area contributed by atoms with Gasteiger partial charge in [0, 0.05) is 4.88 Å². The predicted octanol–water partition coefficient (Wildman–Crippen LogP) is 3.27. The fraction of sp³-hybridized carbons (Fsp3) is 0.235. The highest BCUT2D eigenvalue weighted by Crippen LogP contribution is 2.26. The van der Waals surface area contributed by atoms with Gasteiger partial charge in [-0.3, -0.25) is 14.2 Å². The highest BCUT2D eigenvalue weighted by Gasteiger charge is 2.16. The maximum absolute atomic E-state index is 13.0. The van der Waals surface area contributed by atoms with E-state index in [1.807, 2.05) is 43.3 Å². The van der Waals surface area contributed by atoms with Crippen LogP contribution in [-0.4, -0.2) is 28.4 Å². The summed E-state index contributed by atoms with van der Waals surface area (Å²) in [6, 6.07) is 11.2. The average molecular weight is 360 g/mol. The van der Waals surface area contributed by atoms with Gasteiger partial charge < -0.3 is 4.74 Å². The Labute approximate surface area is 147 Å². The van der Waals surface area contributed by atoms with Crippen molar-refractivity contribution < 1.29 is 9.53 Å². The monoisotopic (exact) mass is 360 g/mol. The van der Waals surface area contributed by atoms with Gasteiger partial charge >= 0.3 is 5.97 Å². The molecule has 0 N–H and O–H groups in total. The molecule has 0 fully saturated rings. The fourth-order valence-corrected chi connectivity index (χ4v) is 4.12. The molecule has 7 heteroatoms. The number of carbonyl (C=O) groups is 1. The number of carbonyl (C=O) groups excluding carboxylic acids is 1. The minimum absolute atomic E-state index is 0.104. The van der Waals surface area contributed by atoms with E-state index in [1.165, 1.54) is 30.2 Å². The van der Waals surface area contributed by atoms with Crippen LogP contribution < -0.4 is 5.56 Å². The zero-order valence-electron chi connectivity index (χ0n) is 13.3. The highest BCUT2D eigenvalue weighted by atomic mass is 32.2. The first kappa shape index (κ1) is 16.7. The number of aromatic nitrogens is 2. The summed E-state index contributed by atoms with van der Waals surface area (Å²) in [6.07, 6.45) is 0.858. The zero-order valence-corrected chi connectivity index (χ0v) is 14.9. The van der Waals surface area contributed by atoms with Gasteiger partial charge in [-0.25, -0.2) is 4.98 Å². The molecule has 1 aromatic carbocycles. The van der Waals surface area contributed by atoms with E-state index in [2.05, 4.69) is 9.72 Å². The lowest BCUT2D eigenvalue weighted by atomic mass is 10.3. The van der Waals surface area contributed by atoms with Gasteiger partial charge in [0.15, 0.2) is 5.16 Å². The van der Waals surface area contributed by atoms with E-state index in [1.54, 1.807) is 4.57 Å². The van der Waals surface area contributed by atoms with Gasteiger partial charge in [-0.05, 0) is 24.6 Å². The number of rotatable bonds is 5. The molecule has 0 aliphatic heterocycles. The van der Waals surface area contributed by atoms with Crippen LogP contribution in [0.3, 0.4) is 0 Å². The normalized spacial score (nSPS) is 10.9. The third-order valence-corrected chi connectivity index (χ3v) is 5.58. The van der Waals surface area contributed by atoms with E-state index in [0.717, 1.165) is 17.0 Å². The van der Waals surface area contributed by atoms with Gasteiger partial charge in [0.1, 0.15) is 4.83 Å². The van der Waals surface area contributed by atoms with Crippen LogP contribution in [0.5, 0.6) is 0 Å². The lowest BCUT2D eigenvalue weighted by molar-refractivity contribution is -0.137. The summed E-state index contributed by atoms with van der Waals surface area (Å²) in [5, 5.41) is 1.11. The van der Waals surface area contributed by atoms with Gasteiger partial charge in [0.05, 0.1) is 23.9 Å². The van der Waals surface area contributed by atoms with Gasteiger partial charge in [-0.15, -0.1) is 11.3 Å². The predicted molar refractivity (Wildman–Crippen MR) is 97.3 cm³/mol. The topological polar surface area (TPSA) is 61.2 Å². The Hall–Kier alpha value is -2.12. The second kappa shape index (κ2) is 7.19. The van der Waals surface area contributed by atoms with Crippen LogP contribution in [0.2, 0.25) is 0 Å². The summed E-state index contributed by atoms with van der Waals surface area (Å²) in [5.74, 6) is -0.248. The van der Waals surface area contributed by atoms with E-state index in [-0.39, 0.29) is 17.3 Å². The lowest BCUT2D eigenvalue weighted by Gasteiger charge is -2.11. The number of benzene rings is 1. The number of hydrogen-bond donors (Lipinski definition) is 0. The van der Waals surface area contributed by atoms with E-state index in [9.17, 15) is 9.59 Å². The van der Waals surface area contributed by atoms with E-state index in [4.69, 9.17) is 0 Å². The van der Waals surface area contributed by atoms with Crippen LogP contribution in [0.4, 0.5) is 0 Å². The maximum atomic E-state index is 13.0. The molecule has 124 valence electrons. The van der Waals surface area contributed by atoms with Crippen LogP contribution in [-0.2, 0) is 16.0 Å². The Bertz CT molecular complexity index is 932. The number of esters is 1. The van der Waals surface area contributed by atoms with E-state index in [0.29, 0.717) is 15.4 Å². The largest absolute Gasteiger partial charge is 0.468 e. The number of nitrogens with zero attached hydrogens (tertiary/aromatic N) is 2. The molecule has 0 amide bonds. The molecule has 5 nitrogen and oxygen atoms in total. The number of thiophene rings is 1. The van der Waals surface area contributed by atoms with E-state index < -0.39 is 0 Å². The molecule has 0 saturated heterocycles. The number of methoxy groups -OCH3 is 1. The second-order valence-corrected chi connectivity index (χ2v) is 7.08. The molecule has 0 atom stereocenters. The Morgan fingerprint density at radius 2 is 2.08 bits per heavy atom. The van der Waals surface area contributed by atoms with Gasteiger partial charge in [-0.1, -0.05) is 36.9 Å². The molecule has 3 aromatic rings. The minimum Gasteiger partial charge on any atom is -0.468 e. The molecule has 3 rings (SSSR count). The van der Waals surface area contributed by atoms with Crippen LogP contribution >= 0.6 is 23.1 Å². The smallest absolute Gasteiger partial charge is 0.316 e. The first-order valence-electron chi connectivity index (χ1n) is 7.44. The maximum Gasteiger partial charge on any atom is 0.316 e. The molecular weight excluding hydrogens is 344 g/mol. The third kappa shape index (κ3) is 3.22. The summed E-state index contributed by atoms with van der Waals surface area (Å²) in [4.78, 5) is 30.9. The molecule has 2 aromatic heterocycles. The van der Waals surface area contributed by atoms with Crippen molar-refractivity contribution in [2.75, 3.05) is 12.9 Å². The highest BCUT2D eigenvalue weighted by molar-refractivity contribution is 7.99. The van der Waals surface area contributed by atoms with Crippen molar-refractivity contribution in [1.29, 1.82) is 0 Å². The molecule has 0 saturated carbocycles. The van der Waals surface area contributed by atoms with Crippen molar-refractivity contribution in [1.82, 2.24) is 9.55 Å². The number of para-hydroxylation sites is 1. The molecule has 0 radical (unpaired) electrons. The summed E-state index contributed by atoms with van der Waals surface area (Å²) in [6.45, 7) is 2.05. The van der Waals surface area contributed by atoms with Crippen LogP contribution in [0.25, 0.3) is 15.9 Å². The summed E-state index contributed by atoms with van der Waals surface area (Å²) in [5.41, 5.74) is 0.614. The quantitative estimate of drug-likeness (QED) is 0.397. The number of hydrogen-bond acceptors (Lipinski definition) is 6. The van der Waals surface area contributed by atoms with E-state index >= 15 is 0 Å². The van der Waals surface area contributed by atoms with Crippen molar-refractivity contribution in [2.24, 2.45) is 0 Å². The number of ether oxygens (including phenoxy) is 1. The van der Waals surface area contributed by atoms with Crippen molar-refractivity contribution in [3.05, 3.63) is 51.6 Å². The SMILES string of the molecule is CCc1cc2c(=O)n(-c3ccccc3)c(SCC(=O)OC)nc2s1. The lowest BCUT2D eigenvalue weighted by Crippen LogP contribution is -2.21. The van der Waals surface area contributed by atoms with Crippen molar-refractivity contribution >= 4 is 39.3 Å². The molecule has 0 unspecified atom stereocenters. The molecule has 0 bridgehead atoms. The van der Waals surface area contributed by atoms with Crippen LogP contribution in [0.1, 0.15) is 11.8 Å². The molecule has 0 aliphatic rings. The number of fused-ring (bicyclic) bond motifs is 1. The second-order valence-electron chi connectivity index (χ2n) is 5.02. The summed E-state index contributed by atoms with van der Waals surface area (Å²) in [7, 11) is 1.34. The minimum atomic E-state index is -0.352. The molecule has 0 aliphatic carbocycles. The van der Waals surface area contributed by atoms with Crippen LogP contribution in [0, 0.1) is 0 Å². The fourth-order valence-electron chi connectivity index (χ4n) is 2.27. The van der Waals surface area contributed by atoms with Crippen LogP contribution in [0.15, 0.2) is 46.3 Å². The molecular formula is C17H16N2O3S2. The Kier molecular flexibility index (Phi) is 5.01. The molecule has 24 heavy (non-hydrogen) atoms. The van der Waals surface area contributed by atoms with Gasteiger partial charge in [0.25, 0.3) is 5.56 Å². The Morgan fingerprint density at radius 1 is 1.33 bits per heavy atom. The third-order valence-electron chi connectivity index (χ3n) is 3.50. The number of thioether (sulfide) groups is 1. The molecule has 2 heterocycles. The first-order chi connectivity index (χ1) is 11.6. The number of aryl methyl sites for hydroxylation is 1. The van der Waals surface area contributed by atoms with Crippen molar-refractivity contribution in [2.45, 2.75) is 18.5 Å². The standard InChI is InChI=1S/C17H16N2O3S2/c1-3-12-9-13-15(24-12)18-17(23-10-14(20)22-2)19(16(13)21)11-7-5-4-6-8-11/h4-9H,3,10H2,1-2H3.